The van der Waals surface area contributed by atoms with Gasteiger partial charge < -0.3 is 5.32 Å². The number of nitrogens with one attached hydrogen (secondary N) is 1. The van der Waals surface area contributed by atoms with Crippen LogP contribution in [0.1, 0.15) is 117 Å². The number of allylic oxidation sites excluding steroid dienone is 25. The molecular formula is C57H67N3. The summed E-state index contributed by atoms with van der Waals surface area (Å²) in [5, 5.41) is 4.32. The van der Waals surface area contributed by atoms with Crippen molar-refractivity contribution in [3.05, 3.63) is 165 Å². The van der Waals surface area contributed by atoms with Crippen LogP contribution in [0.3, 0.4) is 0 Å². The van der Waals surface area contributed by atoms with Gasteiger partial charge in [-0.15, -0.1) is 0 Å². The molecule has 1 aliphatic heterocycles. The van der Waals surface area contributed by atoms with Crippen molar-refractivity contribution in [3.8, 4) is 0 Å². The third-order valence-electron chi connectivity index (χ3n) is 16.5. The molecule has 0 saturated carbocycles. The summed E-state index contributed by atoms with van der Waals surface area (Å²) in [6, 6.07) is 0.686. The second kappa shape index (κ2) is 16.5. The average molecular weight is 794 g/mol. The van der Waals surface area contributed by atoms with Gasteiger partial charge >= 0.3 is 0 Å². The van der Waals surface area contributed by atoms with Gasteiger partial charge in [-0.05, 0) is 142 Å². The van der Waals surface area contributed by atoms with E-state index in [4.69, 9.17) is 4.99 Å². The summed E-state index contributed by atoms with van der Waals surface area (Å²) in [4.78, 5) is 8.97. The normalized spacial score (nSPS) is 36.3. The van der Waals surface area contributed by atoms with Crippen molar-refractivity contribution in [2.75, 3.05) is 0 Å². The molecule has 0 aromatic rings. The number of guanidine groups is 1. The van der Waals surface area contributed by atoms with Crippen LogP contribution in [0, 0.1) is 47.3 Å². The maximum Gasteiger partial charge on any atom is 0.203 e. The van der Waals surface area contributed by atoms with Crippen molar-refractivity contribution >= 4 is 5.96 Å². The highest BCUT2D eigenvalue weighted by Gasteiger charge is 2.55. The standard InChI is InChI=1S/C57H67N3/c1-3-37-22-15-21-35-49(37)60(57-58-48-34-20-19-33-46(48)55(59-57)40-27-12-7-13-28-40)56-42(4-2)51-45-32-18-17-31-44(45)50(39-25-10-6-11-26-39)54(51)52-43-30-16-14-29-41(43)36-47(53(52)56)38-23-8-5-9-24-38/h5,7-10,12,14-15,18-19,22-23,25-26,29,32-33,36,38,40-41,43,46,48,50-51,54-55H,3-4,6,11,13,16-17,20-21,24,27-28,30-31,34-35H2,1-2H3,(H,58,59). The van der Waals surface area contributed by atoms with Crippen molar-refractivity contribution < 1.29 is 0 Å². The Balaban J connectivity index is 1.21. The monoisotopic (exact) mass is 794 g/mol. The largest absolute Gasteiger partial charge is 0.352 e. The van der Waals surface area contributed by atoms with Crippen molar-refractivity contribution in [3.63, 3.8) is 0 Å². The number of rotatable bonds is 7. The minimum Gasteiger partial charge on any atom is -0.352 e. The van der Waals surface area contributed by atoms with Crippen molar-refractivity contribution in [2.24, 2.45) is 52.3 Å². The van der Waals surface area contributed by atoms with E-state index in [-0.39, 0.29) is 6.04 Å². The molecule has 10 unspecified atom stereocenters. The molecule has 0 aromatic heterocycles. The Labute approximate surface area is 361 Å². The molecule has 11 rings (SSSR count). The summed E-state index contributed by atoms with van der Waals surface area (Å²) in [7, 11) is 0. The Morgan fingerprint density at radius 2 is 1.60 bits per heavy atom. The number of hydrogen-bond acceptors (Lipinski definition) is 3. The van der Waals surface area contributed by atoms with Gasteiger partial charge in [0.15, 0.2) is 0 Å². The van der Waals surface area contributed by atoms with E-state index in [9.17, 15) is 0 Å². The van der Waals surface area contributed by atoms with Crippen LogP contribution in [-0.4, -0.2) is 22.9 Å². The molecule has 10 aliphatic carbocycles. The van der Waals surface area contributed by atoms with Crippen LogP contribution < -0.4 is 5.32 Å². The molecule has 11 aliphatic rings. The van der Waals surface area contributed by atoms with E-state index in [1.807, 2.05) is 0 Å². The molecule has 0 aromatic carbocycles. The third-order valence-corrected chi connectivity index (χ3v) is 16.5. The van der Waals surface area contributed by atoms with Crippen molar-refractivity contribution in [2.45, 2.75) is 129 Å². The highest BCUT2D eigenvalue weighted by molar-refractivity contribution is 5.88. The SMILES string of the molecule is CCC1=C(N(C2=NC(C3CC=CCC3)C3C=CCCC3N2)C2=C(CC)C3C4=C(CCC=C4)C(C4=CCCC=C4)C3C3=C2C(C2C=CC=CC2)=CC2C=CCCC32)CCC=C1. The van der Waals surface area contributed by atoms with Gasteiger partial charge in [-0.3, -0.25) is 4.90 Å². The molecule has 1 heterocycles. The molecule has 0 fully saturated rings. The van der Waals surface area contributed by atoms with Gasteiger partial charge in [0.25, 0.3) is 0 Å². The van der Waals surface area contributed by atoms with E-state index in [2.05, 4.69) is 133 Å². The molecule has 0 saturated heterocycles. The molecule has 3 nitrogen and oxygen atoms in total. The van der Waals surface area contributed by atoms with Gasteiger partial charge in [0.05, 0.1) is 11.7 Å². The lowest BCUT2D eigenvalue weighted by Gasteiger charge is -2.51. The van der Waals surface area contributed by atoms with E-state index >= 15 is 0 Å². The molecule has 60 heavy (non-hydrogen) atoms. The number of aliphatic imine (C=N–C) groups is 1. The second-order valence-electron chi connectivity index (χ2n) is 19.5. The van der Waals surface area contributed by atoms with Crippen LogP contribution >= 0.6 is 0 Å². The fourth-order valence-electron chi connectivity index (χ4n) is 13.9. The van der Waals surface area contributed by atoms with Crippen LogP contribution in [0.2, 0.25) is 0 Å². The van der Waals surface area contributed by atoms with E-state index < -0.39 is 0 Å². The topological polar surface area (TPSA) is 27.6 Å². The fourth-order valence-corrected chi connectivity index (χ4v) is 13.9. The molecule has 1 N–H and O–H groups in total. The van der Waals surface area contributed by atoms with Crippen LogP contribution in [0.25, 0.3) is 0 Å². The van der Waals surface area contributed by atoms with Crippen molar-refractivity contribution in [1.29, 1.82) is 0 Å². The predicted octanol–water partition coefficient (Wildman–Crippen LogP) is 13.7. The minimum atomic E-state index is 0.285. The smallest absolute Gasteiger partial charge is 0.203 e. The van der Waals surface area contributed by atoms with E-state index in [1.54, 1.807) is 39.0 Å². The first-order chi connectivity index (χ1) is 29.7. The molecular weight excluding hydrogens is 727 g/mol. The number of hydrogen-bond donors (Lipinski definition) is 1. The van der Waals surface area contributed by atoms with Crippen LogP contribution in [0.15, 0.2) is 170 Å². The molecule has 10 atom stereocenters. The highest BCUT2D eigenvalue weighted by Crippen LogP contribution is 2.64. The molecule has 0 amide bonds. The summed E-state index contributed by atoms with van der Waals surface area (Å²) in [6.45, 7) is 4.89. The minimum absolute atomic E-state index is 0.285. The third kappa shape index (κ3) is 6.46. The Morgan fingerprint density at radius 1 is 0.733 bits per heavy atom. The molecule has 3 heteroatoms. The molecule has 0 radical (unpaired) electrons. The number of fused-ring (bicyclic) bond motifs is 6. The molecule has 0 bridgehead atoms. The molecule has 310 valence electrons. The molecule has 0 spiro atoms. The van der Waals surface area contributed by atoms with Gasteiger partial charge in [-0.1, -0.05) is 134 Å². The van der Waals surface area contributed by atoms with Gasteiger partial charge in [0.1, 0.15) is 0 Å². The van der Waals surface area contributed by atoms with Crippen LogP contribution in [-0.2, 0) is 0 Å². The maximum absolute atomic E-state index is 6.12. The zero-order valence-corrected chi connectivity index (χ0v) is 36.4. The fraction of sp³-hybridized carbons (Fsp3) is 0.491. The van der Waals surface area contributed by atoms with Gasteiger partial charge in [0.2, 0.25) is 5.96 Å². The Bertz CT molecular complexity index is 2240. The quantitative estimate of drug-likeness (QED) is 0.260. The van der Waals surface area contributed by atoms with Gasteiger partial charge in [0, 0.05) is 52.8 Å². The van der Waals surface area contributed by atoms with Gasteiger partial charge in [-0.25, -0.2) is 4.99 Å². The van der Waals surface area contributed by atoms with Crippen LogP contribution in [0.4, 0.5) is 0 Å². The van der Waals surface area contributed by atoms with Crippen LogP contribution in [0.5, 0.6) is 0 Å². The predicted molar refractivity (Wildman–Crippen MR) is 251 cm³/mol. The zero-order valence-electron chi connectivity index (χ0n) is 36.4. The highest BCUT2D eigenvalue weighted by atomic mass is 15.3. The Kier molecular flexibility index (Phi) is 10.6. The van der Waals surface area contributed by atoms with E-state index in [1.165, 1.54) is 68.3 Å². The summed E-state index contributed by atoms with van der Waals surface area (Å²) in [5.74, 6) is 4.78. The average Bonchev–Trinajstić information content (AvgIpc) is 3.67. The summed E-state index contributed by atoms with van der Waals surface area (Å²) in [5.41, 5.74) is 16.2. The summed E-state index contributed by atoms with van der Waals surface area (Å²) < 4.78 is 0. The van der Waals surface area contributed by atoms with E-state index in [0.29, 0.717) is 53.4 Å². The Morgan fingerprint density at radius 3 is 2.43 bits per heavy atom. The lowest BCUT2D eigenvalue weighted by molar-refractivity contribution is 0.250. The van der Waals surface area contributed by atoms with Crippen molar-refractivity contribution in [1.82, 2.24) is 10.2 Å². The lowest BCUT2D eigenvalue weighted by atomic mass is 9.57. The Hall–Kier alpha value is -4.37. The number of nitrogens with zero attached hydrogens (tertiary/aromatic N) is 2. The summed E-state index contributed by atoms with van der Waals surface area (Å²) in [6.07, 6.45) is 63.3. The van der Waals surface area contributed by atoms with E-state index in [0.717, 1.165) is 57.3 Å². The first kappa shape index (κ1) is 38.5. The first-order valence-electron chi connectivity index (χ1n) is 24.5. The first-order valence-corrected chi connectivity index (χ1v) is 24.5. The zero-order chi connectivity index (χ0) is 40.2. The summed E-state index contributed by atoms with van der Waals surface area (Å²) >= 11 is 0. The second-order valence-corrected chi connectivity index (χ2v) is 19.5. The maximum atomic E-state index is 6.12. The van der Waals surface area contributed by atoms with Gasteiger partial charge in [-0.2, -0.15) is 0 Å². The lowest BCUT2D eigenvalue weighted by Crippen LogP contribution is -2.57.